The van der Waals surface area contributed by atoms with Gasteiger partial charge >= 0.3 is 6.18 Å². The Balaban J connectivity index is 0.000000143. The van der Waals surface area contributed by atoms with Gasteiger partial charge in [0, 0.05) is 58.6 Å². The van der Waals surface area contributed by atoms with Gasteiger partial charge in [0.2, 0.25) is 5.69 Å². The van der Waals surface area contributed by atoms with Crippen molar-refractivity contribution in [2.75, 3.05) is 15.5 Å². The molecule has 26 heteroatoms. The van der Waals surface area contributed by atoms with Gasteiger partial charge in [-0.05, 0) is 124 Å². The summed E-state index contributed by atoms with van der Waals surface area (Å²) < 4.78 is 40.4. The number of aryl methyl sites for hydroxylation is 2. The molecule has 2 amide bonds. The summed E-state index contributed by atoms with van der Waals surface area (Å²) in [7, 11) is 0. The third kappa shape index (κ3) is 14.5. The van der Waals surface area contributed by atoms with E-state index in [4.69, 9.17) is 87.8 Å². The number of fused-ring (bicyclic) bond motifs is 5. The van der Waals surface area contributed by atoms with Gasteiger partial charge in [0.15, 0.2) is 29.0 Å². The number of carbonyl (C=O) groups excluding carboxylic acids is 6. The van der Waals surface area contributed by atoms with Crippen LogP contribution in [0.25, 0.3) is 15.7 Å². The average Bonchev–Trinajstić information content (AvgIpc) is 1.63. The second-order valence-electron chi connectivity index (χ2n) is 24.3. The molecule has 1 unspecified atom stereocenters. The highest BCUT2D eigenvalue weighted by molar-refractivity contribution is 7.99. The predicted octanol–water partition coefficient (Wildman–Crippen LogP) is 25.3. The van der Waals surface area contributed by atoms with Crippen LogP contribution in [0.15, 0.2) is 230 Å². The lowest BCUT2D eigenvalue weighted by atomic mass is 9.84. The van der Waals surface area contributed by atoms with Gasteiger partial charge in [0.1, 0.15) is 17.4 Å². The monoisotopic (exact) mass is 1590 g/mol. The summed E-state index contributed by atoms with van der Waals surface area (Å²) in [6.45, 7) is 14.9. The Bertz CT molecular complexity index is 5640. The Morgan fingerprint density at radius 1 is 0.467 bits per heavy atom. The van der Waals surface area contributed by atoms with Gasteiger partial charge in [-0.2, -0.15) is 13.2 Å². The van der Waals surface area contributed by atoms with Crippen LogP contribution in [0.4, 0.5) is 58.9 Å². The molecule has 1 atom stereocenters. The number of benzene rings is 10. The molecule has 2 N–H and O–H groups in total. The van der Waals surface area contributed by atoms with Gasteiger partial charge in [-0.1, -0.05) is 231 Å². The van der Waals surface area contributed by atoms with Crippen molar-refractivity contribution in [1.82, 2.24) is 9.97 Å². The Morgan fingerprint density at radius 2 is 0.953 bits per heavy atom. The number of halogens is 10. The van der Waals surface area contributed by atoms with Crippen LogP contribution >= 0.6 is 105 Å². The number of para-hydroxylation sites is 1. The van der Waals surface area contributed by atoms with Crippen LogP contribution in [-0.2, 0) is 6.18 Å². The second kappa shape index (κ2) is 30.9. The number of rotatable bonds is 12. The fraction of sp³-hybridized carbons (Fsp3) is 0.0741. The standard InChI is InChI=1S/C28H23F3N6.C27H9Cl7N2O4.C26H16O2S2/c1-17-9-13-20(14-10-17)33-26-24(32-4)19(3)25(27(35-26)34-21-15-11-18(2)12-16-21)37-36-23-8-6-5-7-22(23)28(29,30)31;1-7-16(28)12-13(18(30)17(7)29)25(38)11(24(12)37)9-6-5-8-3-2-4-10(23(8)35-9)36-26(39)14-15(27(36)40)20(32)22(34)21(33)19(14)31;27-25-19-13-7-15-21(29-17-9-3-1-4-10-17)23(19)26(28)24-20(25)14-8-16-22(24)30-18-11-5-2-6-12-18/h5-16H,1-3H3,(H2,33,34,35);2-6,11H,1H3;1-16H. The maximum atomic E-state index is 13.7. The number of Topliss-reactive ketones (excluding diaryl/α,β-unsaturated/α-hetero) is 2. The van der Waals surface area contributed by atoms with Crippen molar-refractivity contribution in [2.24, 2.45) is 10.2 Å². The van der Waals surface area contributed by atoms with E-state index in [1.807, 2.05) is 147 Å². The van der Waals surface area contributed by atoms with Crippen molar-refractivity contribution >= 4 is 196 Å². The van der Waals surface area contributed by atoms with Crippen LogP contribution < -0.4 is 15.5 Å². The summed E-state index contributed by atoms with van der Waals surface area (Å²) in [4.78, 5) is 98.3. The van der Waals surface area contributed by atoms with E-state index in [9.17, 15) is 41.9 Å². The number of hydrogen-bond acceptors (Lipinski definition) is 14. The first-order valence-corrected chi connectivity index (χ1v) is 36.4. The topological polar surface area (TPSA) is 185 Å². The number of amides is 2. The summed E-state index contributed by atoms with van der Waals surface area (Å²) in [6.07, 6.45) is -4.59. The minimum absolute atomic E-state index is 0.0304. The largest absolute Gasteiger partial charge is 0.418 e. The minimum atomic E-state index is -4.59. The molecule has 10 aromatic carbocycles. The van der Waals surface area contributed by atoms with E-state index in [2.05, 4.69) is 35.7 Å². The highest BCUT2D eigenvalue weighted by Crippen LogP contribution is 2.50. The van der Waals surface area contributed by atoms with E-state index in [0.717, 1.165) is 47.4 Å². The van der Waals surface area contributed by atoms with Crippen molar-refractivity contribution in [1.29, 1.82) is 0 Å². The molecule has 0 saturated heterocycles. The lowest BCUT2D eigenvalue weighted by Crippen LogP contribution is -2.30. The normalized spacial score (nSPS) is 13.5. The van der Waals surface area contributed by atoms with E-state index < -0.39 is 41.0 Å². The van der Waals surface area contributed by atoms with Crippen molar-refractivity contribution in [2.45, 2.75) is 59.4 Å². The SMILES string of the molecule is Cc1c(Cl)c(Cl)c2c(c1Cl)C(=O)C(c1ccc3cccc(N4C(=O)c5c(Cl)c(Cl)c(Cl)c(Cl)c5C4=O)c3n1)C2=O.O=C1c2cccc(Sc3ccccc3)c2C(=O)c2c(Sc3ccccc3)cccc21.[C-]#[N+]c1c(Nc2ccc(C)cc2)nc(Nc2ccc(C)cc2)c(N=Nc2ccccc2C(F)(F)F)c1C. The number of carbonyl (C=O) groups is 6. The van der Waals surface area contributed by atoms with E-state index in [0.29, 0.717) is 50.3 Å². The maximum Gasteiger partial charge on any atom is 0.418 e. The molecule has 530 valence electrons. The van der Waals surface area contributed by atoms with Gasteiger partial charge in [-0.25, -0.2) is 19.7 Å². The quantitative estimate of drug-likeness (QED) is 0.0295. The fourth-order valence-electron chi connectivity index (χ4n) is 12.1. The number of alkyl halides is 3. The first-order valence-electron chi connectivity index (χ1n) is 32.1. The van der Waals surface area contributed by atoms with E-state index >= 15 is 0 Å². The summed E-state index contributed by atoms with van der Waals surface area (Å²) in [5.41, 5.74) is 5.21. The minimum Gasteiger partial charge on any atom is -0.349 e. The van der Waals surface area contributed by atoms with Crippen LogP contribution in [0.2, 0.25) is 35.2 Å². The molecule has 2 aliphatic carbocycles. The first kappa shape index (κ1) is 75.0. The van der Waals surface area contributed by atoms with Crippen molar-refractivity contribution in [3.8, 4) is 0 Å². The molecule has 2 aromatic heterocycles. The number of nitrogens with one attached hydrogen (secondary N) is 2. The second-order valence-corrected chi connectivity index (χ2v) is 29.2. The van der Waals surface area contributed by atoms with Crippen molar-refractivity contribution in [3.05, 3.63) is 325 Å². The van der Waals surface area contributed by atoms with Gasteiger partial charge in [-0.3, -0.25) is 28.8 Å². The van der Waals surface area contributed by atoms with Gasteiger partial charge < -0.3 is 10.6 Å². The Labute approximate surface area is 653 Å². The third-order valence-corrected chi connectivity index (χ3v) is 22.8. The molecular formula is C81H48Cl7F3N8O6S2. The predicted molar refractivity (Wildman–Crippen MR) is 418 cm³/mol. The zero-order valence-electron chi connectivity index (χ0n) is 55.9. The molecule has 0 spiro atoms. The van der Waals surface area contributed by atoms with E-state index in [1.54, 1.807) is 44.2 Å². The Hall–Kier alpha value is -10.2. The Morgan fingerprint density at radius 3 is 1.48 bits per heavy atom. The molecule has 3 aliphatic rings. The Kier molecular flexibility index (Phi) is 21.7. The van der Waals surface area contributed by atoms with Crippen molar-refractivity contribution < 1.29 is 41.9 Å². The van der Waals surface area contributed by atoms with Crippen LogP contribution in [0.5, 0.6) is 0 Å². The summed E-state index contributed by atoms with van der Waals surface area (Å²) in [5.74, 6) is -3.82. The number of imide groups is 1. The zero-order valence-corrected chi connectivity index (χ0v) is 62.8. The molecule has 107 heavy (non-hydrogen) atoms. The lowest BCUT2D eigenvalue weighted by Gasteiger charge is -2.22. The number of azo groups is 1. The number of nitrogens with zero attached hydrogens (tertiary/aromatic N) is 6. The number of hydrogen-bond donors (Lipinski definition) is 2. The average molecular weight is 1600 g/mol. The molecule has 0 bridgehead atoms. The third-order valence-electron chi connectivity index (χ3n) is 17.4. The van der Waals surface area contributed by atoms with Crippen LogP contribution in [-0.4, -0.2) is 44.9 Å². The first-order chi connectivity index (χ1) is 51.2. The molecule has 14 nitrogen and oxygen atoms in total. The number of aromatic nitrogens is 2. The van der Waals surface area contributed by atoms with Gasteiger partial charge in [0.25, 0.3) is 11.8 Å². The zero-order chi connectivity index (χ0) is 76.0. The molecule has 1 aliphatic heterocycles. The molecule has 12 aromatic rings. The molecule has 3 heterocycles. The molecule has 0 saturated carbocycles. The van der Waals surface area contributed by atoms with Gasteiger partial charge in [0.05, 0.1) is 92.1 Å². The van der Waals surface area contributed by atoms with Crippen LogP contribution in [0, 0.1) is 34.3 Å². The van der Waals surface area contributed by atoms with E-state index in [1.165, 1.54) is 53.9 Å². The van der Waals surface area contributed by atoms with Crippen LogP contribution in [0.3, 0.4) is 0 Å². The molecule has 0 fully saturated rings. The summed E-state index contributed by atoms with van der Waals surface area (Å²) in [6, 6.07) is 58.8. The van der Waals surface area contributed by atoms with E-state index in [-0.39, 0.29) is 109 Å². The number of pyridine rings is 2. The number of anilines is 5. The molecular weight excluding hydrogens is 1550 g/mol. The van der Waals surface area contributed by atoms with Crippen molar-refractivity contribution in [3.63, 3.8) is 0 Å². The summed E-state index contributed by atoms with van der Waals surface area (Å²) >= 11 is 46.9. The highest BCUT2D eigenvalue weighted by Gasteiger charge is 2.47. The van der Waals surface area contributed by atoms with Gasteiger partial charge in [-0.15, -0.1) is 10.2 Å². The molecule has 0 radical (unpaired) electrons. The molecule has 15 rings (SSSR count). The number of ketones is 4. The summed E-state index contributed by atoms with van der Waals surface area (Å²) in [5, 5.41) is 14.2. The smallest absolute Gasteiger partial charge is 0.349 e. The highest BCUT2D eigenvalue weighted by atomic mass is 35.5. The fourth-order valence-corrected chi connectivity index (χ4v) is 16.0. The van der Waals surface area contributed by atoms with Crippen LogP contribution in [0.1, 0.15) is 113 Å². The maximum absolute atomic E-state index is 13.7. The lowest BCUT2D eigenvalue weighted by molar-refractivity contribution is -0.137.